The molecule has 1 aromatic heterocycles. The third kappa shape index (κ3) is 6.37. The van der Waals surface area contributed by atoms with Crippen molar-refractivity contribution in [1.82, 2.24) is 9.88 Å². The van der Waals surface area contributed by atoms with Gasteiger partial charge in [0.25, 0.3) is 0 Å². The van der Waals surface area contributed by atoms with Crippen LogP contribution in [0.1, 0.15) is 52.4 Å². The number of carboxylic acids is 2. The first-order valence-corrected chi connectivity index (χ1v) is 15.5. The Hall–Kier alpha value is -3.59. The average Bonchev–Trinajstić information content (AvgIpc) is 3.35. The van der Waals surface area contributed by atoms with Gasteiger partial charge in [0.2, 0.25) is 0 Å². The van der Waals surface area contributed by atoms with E-state index >= 15 is 0 Å². The minimum atomic E-state index is -1.26. The lowest BCUT2D eigenvalue weighted by atomic mass is 9.47. The average molecular weight is 590 g/mol. The predicted octanol–water partition coefficient (Wildman–Crippen LogP) is 4.41. The summed E-state index contributed by atoms with van der Waals surface area (Å²) in [6.45, 7) is 9.13. The Bertz CT molecular complexity index is 1310. The molecule has 2 heterocycles. The molecule has 0 spiro atoms. The molecule has 9 nitrogen and oxygen atoms in total. The van der Waals surface area contributed by atoms with Gasteiger partial charge in [0.1, 0.15) is 11.6 Å². The SMILES string of the molecule is C[C@]12CC[C@H]3[C@@H](CCC4=CC(=O)C=C[C@@]43C)[C@@H]1CC[C@@H]2C(=O)CN1CCN(c2ccccn2)CC1.O=C(O)/C=C/C(=O)O. The predicted molar refractivity (Wildman–Crippen MR) is 162 cm³/mol. The number of piperazine rings is 1. The minimum Gasteiger partial charge on any atom is -0.478 e. The summed E-state index contributed by atoms with van der Waals surface area (Å²) in [6.07, 6.45) is 15.7. The largest absolute Gasteiger partial charge is 0.478 e. The Kier molecular flexibility index (Phi) is 9.02. The van der Waals surface area contributed by atoms with Gasteiger partial charge in [0, 0.05) is 55.9 Å². The second-order valence-corrected chi connectivity index (χ2v) is 13.2. The van der Waals surface area contributed by atoms with E-state index in [2.05, 4.69) is 40.8 Å². The topological polar surface area (TPSA) is 128 Å². The maximum Gasteiger partial charge on any atom is 0.328 e. The van der Waals surface area contributed by atoms with Crippen LogP contribution in [0.4, 0.5) is 5.82 Å². The van der Waals surface area contributed by atoms with Crippen LogP contribution in [0.25, 0.3) is 0 Å². The Morgan fingerprint density at radius 3 is 2.35 bits per heavy atom. The molecule has 9 heteroatoms. The molecule has 1 saturated heterocycles. The second-order valence-electron chi connectivity index (χ2n) is 13.2. The van der Waals surface area contributed by atoms with E-state index in [-0.39, 0.29) is 22.5 Å². The van der Waals surface area contributed by atoms with Gasteiger partial charge < -0.3 is 15.1 Å². The fourth-order valence-electron chi connectivity index (χ4n) is 8.88. The number of pyridine rings is 1. The number of hydrogen-bond acceptors (Lipinski definition) is 7. The highest BCUT2D eigenvalue weighted by Gasteiger charge is 2.59. The van der Waals surface area contributed by atoms with E-state index in [4.69, 9.17) is 10.2 Å². The van der Waals surface area contributed by atoms with E-state index < -0.39 is 11.9 Å². The molecule has 6 atom stereocenters. The molecular formula is C34H43N3O6. The number of ketones is 2. The fraction of sp³-hybridized carbons (Fsp3) is 0.559. The van der Waals surface area contributed by atoms with E-state index in [1.165, 1.54) is 24.8 Å². The van der Waals surface area contributed by atoms with Crippen molar-refractivity contribution in [3.05, 3.63) is 60.3 Å². The van der Waals surface area contributed by atoms with Crippen LogP contribution < -0.4 is 4.90 Å². The summed E-state index contributed by atoms with van der Waals surface area (Å²) in [6, 6.07) is 6.07. The molecule has 4 aliphatic carbocycles. The standard InChI is InChI=1S/C30H39N3O2.C4H4O4/c1-29-12-10-22(34)19-21(29)6-7-23-24-8-9-26(30(24,2)13-11-25(23)29)27(35)20-32-15-17-33(18-16-32)28-5-3-4-14-31-28;5-3(6)1-2-4(7)8/h3-5,10,12,14,19,23-26H,6-9,11,13,15-18,20H2,1-2H3;1-2H,(H,5,6)(H,7,8)/b;2-1+/t23-,24-,25-,26+,29-,30-;/m0./s1. The van der Waals surface area contributed by atoms with Crippen LogP contribution >= 0.6 is 0 Å². The van der Waals surface area contributed by atoms with Crippen LogP contribution in [0, 0.1) is 34.5 Å². The number of allylic oxidation sites excluding steroid dienone is 4. The summed E-state index contributed by atoms with van der Waals surface area (Å²) < 4.78 is 0. The first-order chi connectivity index (χ1) is 20.5. The highest BCUT2D eigenvalue weighted by Crippen LogP contribution is 2.66. The van der Waals surface area contributed by atoms with E-state index in [9.17, 15) is 19.2 Å². The molecular weight excluding hydrogens is 546 g/mol. The van der Waals surface area contributed by atoms with E-state index in [0.717, 1.165) is 51.3 Å². The normalized spacial score (nSPS) is 33.5. The van der Waals surface area contributed by atoms with Crippen molar-refractivity contribution in [3.8, 4) is 0 Å². The highest BCUT2D eigenvalue weighted by atomic mass is 16.4. The quantitative estimate of drug-likeness (QED) is 0.464. The molecule has 0 amide bonds. The van der Waals surface area contributed by atoms with Crippen LogP contribution in [-0.2, 0) is 19.2 Å². The molecule has 1 aliphatic heterocycles. The van der Waals surface area contributed by atoms with Crippen LogP contribution in [0.3, 0.4) is 0 Å². The molecule has 1 aromatic rings. The van der Waals surface area contributed by atoms with Crippen LogP contribution in [0.2, 0.25) is 0 Å². The van der Waals surface area contributed by atoms with Crippen LogP contribution in [0.5, 0.6) is 0 Å². The smallest absolute Gasteiger partial charge is 0.328 e. The summed E-state index contributed by atoms with van der Waals surface area (Å²) in [4.78, 5) is 54.0. The van der Waals surface area contributed by atoms with Crippen molar-refractivity contribution in [3.63, 3.8) is 0 Å². The molecule has 43 heavy (non-hydrogen) atoms. The second kappa shape index (κ2) is 12.6. The lowest BCUT2D eigenvalue weighted by molar-refractivity contribution is -0.134. The van der Waals surface area contributed by atoms with Gasteiger partial charge in [-0.15, -0.1) is 0 Å². The van der Waals surface area contributed by atoms with Gasteiger partial charge in [-0.05, 0) is 86.0 Å². The van der Waals surface area contributed by atoms with E-state index in [1.54, 1.807) is 6.08 Å². The Labute approximate surface area is 253 Å². The molecule has 0 bridgehead atoms. The number of carbonyl (C=O) groups is 4. The number of anilines is 1. The van der Waals surface area contributed by atoms with Gasteiger partial charge in [-0.2, -0.15) is 0 Å². The summed E-state index contributed by atoms with van der Waals surface area (Å²) in [7, 11) is 0. The third-order valence-corrected chi connectivity index (χ3v) is 11.0. The van der Waals surface area contributed by atoms with Crippen molar-refractivity contribution in [2.24, 2.45) is 34.5 Å². The van der Waals surface area contributed by atoms with Crippen molar-refractivity contribution in [1.29, 1.82) is 0 Å². The van der Waals surface area contributed by atoms with E-state index in [1.807, 2.05) is 24.4 Å². The number of Topliss-reactive ketones (excluding diaryl/α,β-unsaturated/α-hetero) is 1. The first kappa shape index (κ1) is 30.9. The number of aromatic nitrogens is 1. The Morgan fingerprint density at radius 1 is 0.977 bits per heavy atom. The molecule has 3 saturated carbocycles. The number of fused-ring (bicyclic) bond motifs is 5. The van der Waals surface area contributed by atoms with Crippen molar-refractivity contribution in [2.75, 3.05) is 37.6 Å². The van der Waals surface area contributed by atoms with Crippen molar-refractivity contribution in [2.45, 2.75) is 52.4 Å². The van der Waals surface area contributed by atoms with Gasteiger partial charge in [-0.25, -0.2) is 14.6 Å². The maximum absolute atomic E-state index is 13.7. The van der Waals surface area contributed by atoms with Crippen LogP contribution in [0.15, 0.2) is 60.3 Å². The number of nitrogens with zero attached hydrogens (tertiary/aromatic N) is 3. The lowest BCUT2D eigenvalue weighted by Gasteiger charge is -2.57. The summed E-state index contributed by atoms with van der Waals surface area (Å²) in [5.41, 5.74) is 1.53. The van der Waals surface area contributed by atoms with Crippen molar-refractivity contribution >= 4 is 29.3 Å². The summed E-state index contributed by atoms with van der Waals surface area (Å²) in [5, 5.41) is 15.6. The van der Waals surface area contributed by atoms with Gasteiger partial charge in [-0.1, -0.05) is 31.6 Å². The number of carbonyl (C=O) groups excluding carboxylic acids is 2. The zero-order chi connectivity index (χ0) is 30.8. The molecule has 5 aliphatic rings. The summed E-state index contributed by atoms with van der Waals surface area (Å²) in [5.74, 6) is 1.29. The van der Waals surface area contributed by atoms with Gasteiger partial charge >= 0.3 is 11.9 Å². The zero-order valence-corrected chi connectivity index (χ0v) is 25.2. The highest BCUT2D eigenvalue weighted by molar-refractivity contribution is 6.01. The van der Waals surface area contributed by atoms with E-state index in [0.29, 0.717) is 42.2 Å². The van der Waals surface area contributed by atoms with Gasteiger partial charge in [-0.3, -0.25) is 14.5 Å². The number of aliphatic carboxylic acids is 2. The Morgan fingerprint density at radius 2 is 1.70 bits per heavy atom. The van der Waals surface area contributed by atoms with Crippen molar-refractivity contribution < 1.29 is 29.4 Å². The molecule has 4 fully saturated rings. The maximum atomic E-state index is 13.7. The van der Waals surface area contributed by atoms with Crippen LogP contribution in [-0.4, -0.2) is 76.3 Å². The monoisotopic (exact) mass is 589 g/mol. The number of carboxylic acid groups (broad SMARTS) is 2. The van der Waals surface area contributed by atoms with Gasteiger partial charge in [0.05, 0.1) is 6.54 Å². The summed E-state index contributed by atoms with van der Waals surface area (Å²) >= 11 is 0. The molecule has 0 radical (unpaired) electrons. The number of rotatable bonds is 6. The van der Waals surface area contributed by atoms with Gasteiger partial charge in [0.15, 0.2) is 5.78 Å². The lowest BCUT2D eigenvalue weighted by Crippen LogP contribution is -2.52. The fourth-order valence-corrected chi connectivity index (χ4v) is 8.88. The first-order valence-electron chi connectivity index (χ1n) is 15.5. The number of hydrogen-bond donors (Lipinski definition) is 2. The Balaban J connectivity index is 0.000000407. The zero-order valence-electron chi connectivity index (χ0n) is 25.2. The minimum absolute atomic E-state index is 0.0353. The molecule has 0 unspecified atom stereocenters. The third-order valence-electron chi connectivity index (χ3n) is 11.0. The molecule has 230 valence electrons. The molecule has 0 aromatic carbocycles. The molecule has 2 N–H and O–H groups in total. The molecule has 6 rings (SSSR count).